The summed E-state index contributed by atoms with van der Waals surface area (Å²) < 4.78 is 28.3. The van der Waals surface area contributed by atoms with Crippen molar-refractivity contribution in [1.29, 1.82) is 0 Å². The van der Waals surface area contributed by atoms with Gasteiger partial charge in [-0.2, -0.15) is 0 Å². The average molecular weight is 480 g/mol. The van der Waals surface area contributed by atoms with Crippen LogP contribution in [0.25, 0.3) is 16.6 Å². The van der Waals surface area contributed by atoms with E-state index in [0.29, 0.717) is 27.5 Å². The van der Waals surface area contributed by atoms with E-state index in [0.717, 1.165) is 21.0 Å². The Morgan fingerprint density at radius 1 is 0.939 bits per heavy atom. The Morgan fingerprint density at radius 3 is 2.36 bits per heavy atom. The van der Waals surface area contributed by atoms with Gasteiger partial charge in [-0.1, -0.05) is 54.2 Å². The Morgan fingerprint density at radius 2 is 1.64 bits per heavy atom. The molecule has 4 rings (SSSR count). The van der Waals surface area contributed by atoms with Crippen molar-refractivity contribution >= 4 is 32.7 Å². The number of fused-ring (bicyclic) bond motifs is 1. The third-order valence-corrected chi connectivity index (χ3v) is 8.36. The second-order valence-electron chi connectivity index (χ2n) is 8.00. The number of rotatable bonds is 6. The quantitative estimate of drug-likeness (QED) is 0.300. The van der Waals surface area contributed by atoms with Crippen LogP contribution in [-0.2, 0) is 15.8 Å². The topological polar surface area (TPSA) is 72.3 Å². The van der Waals surface area contributed by atoms with Crippen LogP contribution in [0.3, 0.4) is 0 Å². The second kappa shape index (κ2) is 9.13. The predicted molar refractivity (Wildman–Crippen MR) is 134 cm³/mol. The summed E-state index contributed by atoms with van der Waals surface area (Å²) in [6.07, 6.45) is 0. The fraction of sp³-hybridized carbons (Fsp3) is 0.200. The molecule has 0 aliphatic heterocycles. The molecular formula is C25H25N3O3S2. The summed E-state index contributed by atoms with van der Waals surface area (Å²) in [6, 6.07) is 20.2. The highest BCUT2D eigenvalue weighted by atomic mass is 32.2. The minimum Gasteiger partial charge on any atom is -0.268 e. The molecule has 0 aliphatic rings. The summed E-state index contributed by atoms with van der Waals surface area (Å²) >= 11 is 1.46. The molecule has 33 heavy (non-hydrogen) atoms. The Hall–Kier alpha value is -2.94. The molecule has 0 saturated carbocycles. The summed E-state index contributed by atoms with van der Waals surface area (Å²) in [5.41, 5.74) is 3.99. The number of hydrogen-bond acceptors (Lipinski definition) is 5. The SMILES string of the molecule is Cc1ccccc1CSc1nc2ccccc2c(=O)n1-c1cc(S(=O)(=O)N(C)C)ccc1C. The van der Waals surface area contributed by atoms with Crippen molar-refractivity contribution in [2.75, 3.05) is 14.1 Å². The smallest absolute Gasteiger partial charge is 0.266 e. The number of nitrogens with zero attached hydrogens (tertiary/aromatic N) is 3. The van der Waals surface area contributed by atoms with Gasteiger partial charge in [0.2, 0.25) is 10.0 Å². The van der Waals surface area contributed by atoms with Crippen LogP contribution >= 0.6 is 11.8 Å². The third kappa shape index (κ3) is 4.46. The Kier molecular flexibility index (Phi) is 6.43. The highest BCUT2D eigenvalue weighted by Crippen LogP contribution is 2.28. The van der Waals surface area contributed by atoms with Gasteiger partial charge in [0, 0.05) is 19.8 Å². The van der Waals surface area contributed by atoms with Crippen molar-refractivity contribution in [2.24, 2.45) is 0 Å². The van der Waals surface area contributed by atoms with Gasteiger partial charge in [0.1, 0.15) is 0 Å². The van der Waals surface area contributed by atoms with Gasteiger partial charge in [-0.25, -0.2) is 17.7 Å². The maximum absolute atomic E-state index is 13.6. The summed E-state index contributed by atoms with van der Waals surface area (Å²) in [6.45, 7) is 3.91. The zero-order valence-corrected chi connectivity index (χ0v) is 20.6. The number of aromatic nitrogens is 2. The van der Waals surface area contributed by atoms with E-state index in [4.69, 9.17) is 4.98 Å². The van der Waals surface area contributed by atoms with E-state index in [1.807, 2.05) is 31.2 Å². The van der Waals surface area contributed by atoms with Gasteiger partial charge < -0.3 is 0 Å². The van der Waals surface area contributed by atoms with Gasteiger partial charge >= 0.3 is 0 Å². The van der Waals surface area contributed by atoms with Crippen LogP contribution in [0.4, 0.5) is 0 Å². The first-order valence-corrected chi connectivity index (χ1v) is 12.9. The maximum Gasteiger partial charge on any atom is 0.266 e. The number of benzene rings is 3. The zero-order valence-electron chi connectivity index (χ0n) is 18.9. The van der Waals surface area contributed by atoms with E-state index >= 15 is 0 Å². The van der Waals surface area contributed by atoms with Crippen molar-refractivity contribution in [3.63, 3.8) is 0 Å². The normalized spacial score (nSPS) is 11.9. The summed E-state index contributed by atoms with van der Waals surface area (Å²) in [7, 11) is -0.686. The first kappa shape index (κ1) is 23.2. The van der Waals surface area contributed by atoms with Gasteiger partial charge in [-0.3, -0.25) is 9.36 Å². The Labute approximate surface area is 198 Å². The molecular weight excluding hydrogens is 454 g/mol. The molecule has 0 atom stereocenters. The largest absolute Gasteiger partial charge is 0.268 e. The van der Waals surface area contributed by atoms with Gasteiger partial charge in [-0.05, 0) is 54.8 Å². The molecule has 4 aromatic rings. The number of aryl methyl sites for hydroxylation is 2. The zero-order chi connectivity index (χ0) is 23.8. The first-order valence-electron chi connectivity index (χ1n) is 10.4. The van der Waals surface area contributed by atoms with E-state index in [9.17, 15) is 13.2 Å². The molecule has 3 aromatic carbocycles. The molecule has 0 N–H and O–H groups in total. The van der Waals surface area contributed by atoms with Crippen LogP contribution in [0.1, 0.15) is 16.7 Å². The van der Waals surface area contributed by atoms with Crippen LogP contribution in [-0.4, -0.2) is 36.4 Å². The fourth-order valence-electron chi connectivity index (χ4n) is 3.54. The first-order chi connectivity index (χ1) is 15.7. The standard InChI is InChI=1S/C25H25N3O3S2/c1-17-9-5-6-10-19(17)16-32-25-26-22-12-8-7-11-21(22)24(29)28(25)23-15-20(14-13-18(23)2)33(30,31)27(3)4/h5-15H,16H2,1-4H3. The molecule has 0 saturated heterocycles. The Bertz CT molecular complexity index is 1510. The van der Waals surface area contributed by atoms with Gasteiger partial charge in [0.15, 0.2) is 5.16 Å². The lowest BCUT2D eigenvalue weighted by atomic mass is 10.1. The lowest BCUT2D eigenvalue weighted by Crippen LogP contribution is -2.25. The maximum atomic E-state index is 13.6. The molecule has 0 bridgehead atoms. The van der Waals surface area contributed by atoms with Crippen molar-refractivity contribution in [1.82, 2.24) is 13.9 Å². The number of thioether (sulfide) groups is 1. The van der Waals surface area contributed by atoms with Crippen molar-refractivity contribution in [3.8, 4) is 5.69 Å². The Balaban J connectivity index is 1.93. The molecule has 0 aliphatic carbocycles. The van der Waals surface area contributed by atoms with E-state index in [-0.39, 0.29) is 10.5 Å². The minimum absolute atomic E-state index is 0.128. The van der Waals surface area contributed by atoms with E-state index in [2.05, 4.69) is 19.1 Å². The van der Waals surface area contributed by atoms with Crippen molar-refractivity contribution < 1.29 is 8.42 Å². The second-order valence-corrected chi connectivity index (χ2v) is 11.1. The molecule has 0 radical (unpaired) electrons. The number of para-hydroxylation sites is 1. The molecule has 0 unspecified atom stereocenters. The number of hydrogen-bond donors (Lipinski definition) is 0. The van der Waals surface area contributed by atoms with Crippen LogP contribution in [0.2, 0.25) is 0 Å². The minimum atomic E-state index is -3.66. The molecule has 0 amide bonds. The fourth-order valence-corrected chi connectivity index (χ4v) is 5.54. The van der Waals surface area contributed by atoms with E-state index in [1.165, 1.54) is 30.4 Å². The highest BCUT2D eigenvalue weighted by molar-refractivity contribution is 7.98. The summed E-state index contributed by atoms with van der Waals surface area (Å²) in [4.78, 5) is 18.5. The molecule has 1 heterocycles. The van der Waals surface area contributed by atoms with E-state index < -0.39 is 10.0 Å². The molecule has 0 fully saturated rings. The van der Waals surface area contributed by atoms with E-state index in [1.54, 1.807) is 30.3 Å². The highest BCUT2D eigenvalue weighted by Gasteiger charge is 2.21. The van der Waals surface area contributed by atoms with Crippen molar-refractivity contribution in [2.45, 2.75) is 29.7 Å². The van der Waals surface area contributed by atoms with Crippen molar-refractivity contribution in [3.05, 3.63) is 93.8 Å². The lowest BCUT2D eigenvalue weighted by molar-refractivity contribution is 0.520. The summed E-state index contributed by atoms with van der Waals surface area (Å²) in [5.74, 6) is 0.631. The monoisotopic (exact) mass is 479 g/mol. The van der Waals surface area contributed by atoms with Crippen LogP contribution in [0, 0.1) is 13.8 Å². The average Bonchev–Trinajstić information content (AvgIpc) is 2.79. The third-order valence-electron chi connectivity index (χ3n) is 5.56. The summed E-state index contributed by atoms with van der Waals surface area (Å²) in [5, 5.41) is 1.00. The van der Waals surface area contributed by atoms with Gasteiger partial charge in [0.25, 0.3) is 5.56 Å². The molecule has 8 heteroatoms. The molecule has 0 spiro atoms. The van der Waals surface area contributed by atoms with Gasteiger partial charge in [-0.15, -0.1) is 0 Å². The van der Waals surface area contributed by atoms with Crippen LogP contribution in [0.5, 0.6) is 0 Å². The lowest BCUT2D eigenvalue weighted by Gasteiger charge is -2.18. The molecule has 1 aromatic heterocycles. The van der Waals surface area contributed by atoms with Crippen LogP contribution < -0.4 is 5.56 Å². The molecule has 170 valence electrons. The van der Waals surface area contributed by atoms with Crippen LogP contribution in [0.15, 0.2) is 81.6 Å². The molecule has 6 nitrogen and oxygen atoms in total. The van der Waals surface area contributed by atoms with Gasteiger partial charge in [0.05, 0.1) is 21.5 Å². The number of sulfonamides is 1. The predicted octanol–water partition coefficient (Wildman–Crippen LogP) is 4.55.